The second kappa shape index (κ2) is 6.40. The van der Waals surface area contributed by atoms with E-state index in [1.54, 1.807) is 0 Å². The summed E-state index contributed by atoms with van der Waals surface area (Å²) in [6.45, 7) is 9.34. The highest BCUT2D eigenvalue weighted by Crippen LogP contribution is 2.18. The van der Waals surface area contributed by atoms with Crippen LogP contribution in [0.2, 0.25) is 0 Å². The van der Waals surface area contributed by atoms with Crippen molar-refractivity contribution in [3.05, 3.63) is 34.9 Å². The molecule has 0 radical (unpaired) electrons. The standard InChI is InChI=1S/C14H22N2O/c1-5-15-9-14(17)16-12(4)13-8-10(2)6-7-11(13)3/h6-8,12,15H,5,9H2,1-4H3,(H,16,17). The van der Waals surface area contributed by atoms with Crippen molar-refractivity contribution < 1.29 is 4.79 Å². The van der Waals surface area contributed by atoms with E-state index in [0.717, 1.165) is 6.54 Å². The van der Waals surface area contributed by atoms with Gasteiger partial charge in [0.05, 0.1) is 12.6 Å². The summed E-state index contributed by atoms with van der Waals surface area (Å²) in [6.07, 6.45) is 0. The molecule has 94 valence electrons. The van der Waals surface area contributed by atoms with Crippen LogP contribution in [0, 0.1) is 13.8 Å². The van der Waals surface area contributed by atoms with E-state index >= 15 is 0 Å². The first-order valence-electron chi connectivity index (χ1n) is 6.11. The number of aryl methyl sites for hydroxylation is 2. The molecule has 1 atom stereocenters. The van der Waals surface area contributed by atoms with E-state index in [1.807, 2.05) is 13.8 Å². The van der Waals surface area contributed by atoms with Gasteiger partial charge in [-0.15, -0.1) is 0 Å². The third-order valence-electron chi connectivity index (χ3n) is 2.81. The number of carbonyl (C=O) groups excluding carboxylic acids is 1. The quantitative estimate of drug-likeness (QED) is 0.819. The van der Waals surface area contributed by atoms with E-state index in [9.17, 15) is 4.79 Å². The smallest absolute Gasteiger partial charge is 0.234 e. The number of hydrogen-bond donors (Lipinski definition) is 2. The number of carbonyl (C=O) groups is 1. The van der Waals surface area contributed by atoms with Gasteiger partial charge in [0.15, 0.2) is 0 Å². The summed E-state index contributed by atoms with van der Waals surface area (Å²) >= 11 is 0. The molecule has 0 saturated heterocycles. The fraction of sp³-hybridized carbons (Fsp3) is 0.500. The fourth-order valence-corrected chi connectivity index (χ4v) is 1.84. The first-order valence-corrected chi connectivity index (χ1v) is 6.11. The molecule has 1 aromatic rings. The number of amides is 1. The molecule has 3 heteroatoms. The van der Waals surface area contributed by atoms with Crippen molar-refractivity contribution in [2.75, 3.05) is 13.1 Å². The van der Waals surface area contributed by atoms with Gasteiger partial charge in [0, 0.05) is 0 Å². The Balaban J connectivity index is 2.66. The maximum atomic E-state index is 11.6. The van der Waals surface area contributed by atoms with Gasteiger partial charge in [0.1, 0.15) is 0 Å². The van der Waals surface area contributed by atoms with Crippen molar-refractivity contribution in [3.63, 3.8) is 0 Å². The molecule has 17 heavy (non-hydrogen) atoms. The lowest BCUT2D eigenvalue weighted by atomic mass is 10.00. The summed E-state index contributed by atoms with van der Waals surface area (Å²) < 4.78 is 0. The molecule has 0 spiro atoms. The van der Waals surface area contributed by atoms with Crippen LogP contribution in [-0.2, 0) is 4.79 Å². The molecule has 1 unspecified atom stereocenters. The van der Waals surface area contributed by atoms with Gasteiger partial charge < -0.3 is 10.6 Å². The predicted octanol–water partition coefficient (Wildman–Crippen LogP) is 2.09. The summed E-state index contributed by atoms with van der Waals surface area (Å²) in [5.41, 5.74) is 3.63. The van der Waals surface area contributed by atoms with Gasteiger partial charge in [-0.3, -0.25) is 4.79 Å². The minimum atomic E-state index is 0.0419. The van der Waals surface area contributed by atoms with Crippen LogP contribution in [0.3, 0.4) is 0 Å². The summed E-state index contributed by atoms with van der Waals surface area (Å²) in [6, 6.07) is 6.37. The van der Waals surface area contributed by atoms with Crippen molar-refractivity contribution in [1.29, 1.82) is 0 Å². The highest BCUT2D eigenvalue weighted by molar-refractivity contribution is 5.78. The highest BCUT2D eigenvalue weighted by Gasteiger charge is 2.11. The first-order chi connectivity index (χ1) is 8.04. The number of hydrogen-bond acceptors (Lipinski definition) is 2. The van der Waals surface area contributed by atoms with Crippen LogP contribution in [-0.4, -0.2) is 19.0 Å². The Morgan fingerprint density at radius 2 is 2.06 bits per heavy atom. The van der Waals surface area contributed by atoms with E-state index in [1.165, 1.54) is 16.7 Å². The molecule has 1 rings (SSSR count). The second-order valence-electron chi connectivity index (χ2n) is 4.43. The maximum Gasteiger partial charge on any atom is 0.234 e. The largest absolute Gasteiger partial charge is 0.348 e. The van der Waals surface area contributed by atoms with E-state index in [4.69, 9.17) is 0 Å². The molecule has 2 N–H and O–H groups in total. The molecule has 0 aliphatic heterocycles. The minimum Gasteiger partial charge on any atom is -0.348 e. The molecule has 0 bridgehead atoms. The number of likely N-dealkylation sites (N-methyl/N-ethyl adjacent to an activating group) is 1. The van der Waals surface area contributed by atoms with Crippen LogP contribution in [0.4, 0.5) is 0 Å². The molecular weight excluding hydrogens is 212 g/mol. The Morgan fingerprint density at radius 1 is 1.35 bits per heavy atom. The highest BCUT2D eigenvalue weighted by atomic mass is 16.1. The average molecular weight is 234 g/mol. The van der Waals surface area contributed by atoms with Crippen molar-refractivity contribution in [3.8, 4) is 0 Å². The lowest BCUT2D eigenvalue weighted by Gasteiger charge is -2.17. The Morgan fingerprint density at radius 3 is 2.71 bits per heavy atom. The van der Waals surface area contributed by atoms with Crippen molar-refractivity contribution in [1.82, 2.24) is 10.6 Å². The fourth-order valence-electron chi connectivity index (χ4n) is 1.84. The Bertz CT molecular complexity index is 388. The van der Waals surface area contributed by atoms with Gasteiger partial charge in [-0.25, -0.2) is 0 Å². The summed E-state index contributed by atoms with van der Waals surface area (Å²) in [4.78, 5) is 11.6. The van der Waals surface area contributed by atoms with Gasteiger partial charge in [0.2, 0.25) is 5.91 Å². The summed E-state index contributed by atoms with van der Waals surface area (Å²) in [5, 5.41) is 6.02. The zero-order chi connectivity index (χ0) is 12.8. The van der Waals surface area contributed by atoms with Gasteiger partial charge in [-0.2, -0.15) is 0 Å². The summed E-state index contributed by atoms with van der Waals surface area (Å²) in [5.74, 6) is 0.0419. The van der Waals surface area contributed by atoms with Crippen LogP contribution >= 0.6 is 0 Å². The van der Waals surface area contributed by atoms with Crippen LogP contribution in [0.25, 0.3) is 0 Å². The average Bonchev–Trinajstić information content (AvgIpc) is 2.29. The lowest BCUT2D eigenvalue weighted by molar-refractivity contribution is -0.120. The molecule has 0 heterocycles. The van der Waals surface area contributed by atoms with E-state index in [0.29, 0.717) is 6.54 Å². The maximum absolute atomic E-state index is 11.6. The van der Waals surface area contributed by atoms with Gasteiger partial charge in [0.25, 0.3) is 0 Å². The monoisotopic (exact) mass is 234 g/mol. The van der Waals surface area contributed by atoms with Crippen molar-refractivity contribution >= 4 is 5.91 Å². The van der Waals surface area contributed by atoms with Crippen molar-refractivity contribution in [2.45, 2.75) is 33.7 Å². The molecule has 0 aliphatic rings. The normalized spacial score (nSPS) is 12.2. The molecular formula is C14H22N2O. The van der Waals surface area contributed by atoms with Crippen LogP contribution < -0.4 is 10.6 Å². The second-order valence-corrected chi connectivity index (χ2v) is 4.43. The number of nitrogens with one attached hydrogen (secondary N) is 2. The Labute approximate surface area is 104 Å². The predicted molar refractivity (Wildman–Crippen MR) is 71.0 cm³/mol. The topological polar surface area (TPSA) is 41.1 Å². The van der Waals surface area contributed by atoms with Crippen LogP contribution in [0.5, 0.6) is 0 Å². The van der Waals surface area contributed by atoms with Crippen LogP contribution in [0.15, 0.2) is 18.2 Å². The third-order valence-corrected chi connectivity index (χ3v) is 2.81. The summed E-state index contributed by atoms with van der Waals surface area (Å²) in [7, 11) is 0. The first kappa shape index (κ1) is 13.7. The molecule has 3 nitrogen and oxygen atoms in total. The SMILES string of the molecule is CCNCC(=O)NC(C)c1cc(C)ccc1C. The molecule has 0 fully saturated rings. The molecule has 0 aromatic heterocycles. The number of rotatable bonds is 5. The minimum absolute atomic E-state index is 0.0419. The van der Waals surface area contributed by atoms with Gasteiger partial charge in [-0.05, 0) is 38.4 Å². The molecule has 0 aliphatic carbocycles. The van der Waals surface area contributed by atoms with E-state index in [-0.39, 0.29) is 11.9 Å². The molecule has 0 saturated carbocycles. The Kier molecular flexibility index (Phi) is 5.16. The van der Waals surface area contributed by atoms with Gasteiger partial charge in [-0.1, -0.05) is 30.7 Å². The third kappa shape index (κ3) is 4.19. The number of benzene rings is 1. The van der Waals surface area contributed by atoms with E-state index in [2.05, 4.69) is 42.7 Å². The van der Waals surface area contributed by atoms with Gasteiger partial charge >= 0.3 is 0 Å². The molecule has 1 aromatic carbocycles. The van der Waals surface area contributed by atoms with Crippen LogP contribution in [0.1, 0.15) is 36.6 Å². The van der Waals surface area contributed by atoms with Crippen molar-refractivity contribution in [2.24, 2.45) is 0 Å². The Hall–Kier alpha value is -1.35. The molecule has 1 amide bonds. The van der Waals surface area contributed by atoms with E-state index < -0.39 is 0 Å². The zero-order valence-electron chi connectivity index (χ0n) is 11.1. The lowest BCUT2D eigenvalue weighted by Crippen LogP contribution is -2.35. The zero-order valence-corrected chi connectivity index (χ0v) is 11.1.